The fourth-order valence-electron chi connectivity index (χ4n) is 1.36. The zero-order valence-corrected chi connectivity index (χ0v) is 9.77. The van der Waals surface area contributed by atoms with E-state index in [2.05, 4.69) is 30.6 Å². The van der Waals surface area contributed by atoms with Gasteiger partial charge in [0.05, 0.1) is 13.1 Å². The second kappa shape index (κ2) is 6.09. The van der Waals surface area contributed by atoms with Gasteiger partial charge in [0.15, 0.2) is 11.8 Å². The molecule has 0 amide bonds. The number of aromatic nitrogens is 1. The Kier molecular flexibility index (Phi) is 4.74. The highest BCUT2D eigenvalue weighted by Crippen LogP contribution is 2.19. The van der Waals surface area contributed by atoms with Crippen LogP contribution < -0.4 is 0 Å². The van der Waals surface area contributed by atoms with Gasteiger partial charge in [-0.1, -0.05) is 25.7 Å². The fourth-order valence-corrected chi connectivity index (χ4v) is 1.36. The molecule has 0 unspecified atom stereocenters. The molecule has 16 heavy (non-hydrogen) atoms. The first-order valence-corrected chi connectivity index (χ1v) is 5.44. The van der Waals surface area contributed by atoms with Crippen LogP contribution in [0.4, 0.5) is 0 Å². The summed E-state index contributed by atoms with van der Waals surface area (Å²) >= 11 is 0. The van der Waals surface area contributed by atoms with Gasteiger partial charge in [-0.25, -0.2) is 0 Å². The van der Waals surface area contributed by atoms with Crippen molar-refractivity contribution in [2.24, 2.45) is 0 Å². The predicted octanol–water partition coefficient (Wildman–Crippen LogP) is 1.24. The van der Waals surface area contributed by atoms with Crippen LogP contribution in [0, 0.1) is 11.8 Å². The smallest absolute Gasteiger partial charge is 0.194 e. The summed E-state index contributed by atoms with van der Waals surface area (Å²) in [6.07, 6.45) is 0. The topological polar surface area (TPSA) is 48.6 Å². The molecule has 1 heterocycles. The third-order valence-corrected chi connectivity index (χ3v) is 2.49. The average Bonchev–Trinajstić information content (AvgIpc) is 2.60. The predicted molar refractivity (Wildman–Crippen MR) is 63.3 cm³/mol. The molecule has 1 aromatic rings. The molecule has 0 saturated carbocycles. The summed E-state index contributed by atoms with van der Waals surface area (Å²) in [7, 11) is 0. The SMILES string of the molecule is CCN(CC)CC#CCn1c(O)ccc1O. The van der Waals surface area contributed by atoms with Crippen molar-refractivity contribution in [2.45, 2.75) is 20.4 Å². The maximum Gasteiger partial charge on any atom is 0.194 e. The van der Waals surface area contributed by atoms with Crippen LogP contribution >= 0.6 is 0 Å². The maximum absolute atomic E-state index is 9.36. The molecule has 0 aliphatic rings. The van der Waals surface area contributed by atoms with E-state index in [1.54, 1.807) is 0 Å². The Labute approximate surface area is 96.1 Å². The first-order chi connectivity index (χ1) is 7.69. The van der Waals surface area contributed by atoms with Gasteiger partial charge in [0.1, 0.15) is 0 Å². The Balaban J connectivity index is 2.49. The third kappa shape index (κ3) is 3.21. The van der Waals surface area contributed by atoms with Crippen molar-refractivity contribution in [3.63, 3.8) is 0 Å². The van der Waals surface area contributed by atoms with Crippen molar-refractivity contribution in [1.29, 1.82) is 0 Å². The highest BCUT2D eigenvalue weighted by atomic mass is 16.3. The Morgan fingerprint density at radius 1 is 1.12 bits per heavy atom. The Hall–Kier alpha value is -1.60. The number of rotatable bonds is 4. The largest absolute Gasteiger partial charge is 0.494 e. The van der Waals surface area contributed by atoms with Crippen LogP contribution in [-0.4, -0.2) is 39.3 Å². The molecule has 0 aliphatic heterocycles. The molecule has 2 N–H and O–H groups in total. The van der Waals surface area contributed by atoms with E-state index in [1.165, 1.54) is 16.7 Å². The zero-order valence-electron chi connectivity index (χ0n) is 9.77. The first-order valence-electron chi connectivity index (χ1n) is 5.44. The van der Waals surface area contributed by atoms with Gasteiger partial charge in [-0.2, -0.15) is 0 Å². The van der Waals surface area contributed by atoms with E-state index in [9.17, 15) is 10.2 Å². The van der Waals surface area contributed by atoms with Crippen LogP contribution in [0.25, 0.3) is 0 Å². The van der Waals surface area contributed by atoms with Crippen LogP contribution in [0.1, 0.15) is 13.8 Å². The minimum atomic E-state index is 0.0367. The fraction of sp³-hybridized carbons (Fsp3) is 0.500. The quantitative estimate of drug-likeness (QED) is 0.754. The highest BCUT2D eigenvalue weighted by molar-refractivity contribution is 5.25. The molecule has 0 spiro atoms. The van der Waals surface area contributed by atoms with E-state index < -0.39 is 0 Å². The van der Waals surface area contributed by atoms with Crippen molar-refractivity contribution in [3.8, 4) is 23.6 Å². The van der Waals surface area contributed by atoms with Gasteiger partial charge in [-0.15, -0.1) is 0 Å². The van der Waals surface area contributed by atoms with Gasteiger partial charge in [-0.3, -0.25) is 9.47 Å². The second-order valence-corrected chi connectivity index (χ2v) is 3.45. The molecular formula is C12H18N2O2. The van der Waals surface area contributed by atoms with E-state index in [1.807, 2.05) is 0 Å². The molecule has 0 radical (unpaired) electrons. The van der Waals surface area contributed by atoms with Crippen molar-refractivity contribution in [3.05, 3.63) is 12.1 Å². The summed E-state index contributed by atoms with van der Waals surface area (Å²) < 4.78 is 1.36. The third-order valence-electron chi connectivity index (χ3n) is 2.49. The zero-order chi connectivity index (χ0) is 12.0. The minimum Gasteiger partial charge on any atom is -0.494 e. The van der Waals surface area contributed by atoms with E-state index in [-0.39, 0.29) is 11.8 Å². The van der Waals surface area contributed by atoms with Gasteiger partial charge in [0.2, 0.25) is 0 Å². The molecule has 0 aliphatic carbocycles. The standard InChI is InChI=1S/C12H18N2O2/c1-3-13(4-2)9-5-6-10-14-11(15)7-8-12(14)16/h7-8,15-16H,3-4,9-10H2,1-2H3. The van der Waals surface area contributed by atoms with E-state index >= 15 is 0 Å². The van der Waals surface area contributed by atoms with E-state index in [4.69, 9.17) is 0 Å². The van der Waals surface area contributed by atoms with Gasteiger partial charge >= 0.3 is 0 Å². The number of nitrogens with zero attached hydrogens (tertiary/aromatic N) is 2. The lowest BCUT2D eigenvalue weighted by atomic mass is 10.4. The Morgan fingerprint density at radius 3 is 2.19 bits per heavy atom. The lowest BCUT2D eigenvalue weighted by Gasteiger charge is -2.13. The average molecular weight is 222 g/mol. The van der Waals surface area contributed by atoms with E-state index in [0.29, 0.717) is 6.54 Å². The Bertz CT molecular complexity index is 364. The lowest BCUT2D eigenvalue weighted by molar-refractivity contribution is 0.342. The van der Waals surface area contributed by atoms with Crippen LogP contribution in [0.3, 0.4) is 0 Å². The van der Waals surface area contributed by atoms with Crippen molar-refractivity contribution >= 4 is 0 Å². The number of hydrogen-bond acceptors (Lipinski definition) is 3. The highest BCUT2D eigenvalue weighted by Gasteiger charge is 2.02. The van der Waals surface area contributed by atoms with Crippen LogP contribution in [0.5, 0.6) is 11.8 Å². The molecular weight excluding hydrogens is 204 g/mol. The molecule has 4 heteroatoms. The monoisotopic (exact) mass is 222 g/mol. The molecule has 1 rings (SSSR count). The second-order valence-electron chi connectivity index (χ2n) is 3.45. The van der Waals surface area contributed by atoms with Gasteiger partial charge in [0, 0.05) is 12.1 Å². The Morgan fingerprint density at radius 2 is 1.69 bits per heavy atom. The summed E-state index contributed by atoms with van der Waals surface area (Å²) in [6, 6.07) is 2.89. The summed E-state index contributed by atoms with van der Waals surface area (Å²) in [5.41, 5.74) is 0. The van der Waals surface area contributed by atoms with Gasteiger partial charge in [-0.05, 0) is 13.1 Å². The molecule has 0 bridgehead atoms. The van der Waals surface area contributed by atoms with Gasteiger partial charge in [0.25, 0.3) is 0 Å². The molecule has 88 valence electrons. The molecule has 0 saturated heterocycles. The normalized spacial score (nSPS) is 10.2. The van der Waals surface area contributed by atoms with Crippen LogP contribution in [0.2, 0.25) is 0 Å². The first kappa shape index (κ1) is 12.5. The van der Waals surface area contributed by atoms with Crippen LogP contribution in [-0.2, 0) is 6.54 Å². The van der Waals surface area contributed by atoms with Crippen LogP contribution in [0.15, 0.2) is 12.1 Å². The summed E-state index contributed by atoms with van der Waals surface area (Å²) in [4.78, 5) is 2.20. The van der Waals surface area contributed by atoms with Crippen molar-refractivity contribution < 1.29 is 10.2 Å². The summed E-state index contributed by atoms with van der Waals surface area (Å²) in [5, 5.41) is 18.7. The summed E-state index contributed by atoms with van der Waals surface area (Å²) in [6.45, 7) is 7.17. The van der Waals surface area contributed by atoms with Gasteiger partial charge < -0.3 is 10.2 Å². The molecule has 1 aromatic heterocycles. The number of aromatic hydroxyl groups is 2. The minimum absolute atomic E-state index is 0.0367. The van der Waals surface area contributed by atoms with Crippen molar-refractivity contribution in [2.75, 3.05) is 19.6 Å². The lowest BCUT2D eigenvalue weighted by Crippen LogP contribution is -2.22. The molecule has 4 nitrogen and oxygen atoms in total. The molecule has 0 atom stereocenters. The molecule has 0 aromatic carbocycles. The number of hydrogen-bond donors (Lipinski definition) is 2. The van der Waals surface area contributed by atoms with Crippen molar-refractivity contribution in [1.82, 2.24) is 9.47 Å². The maximum atomic E-state index is 9.36. The summed E-state index contributed by atoms with van der Waals surface area (Å²) in [5.74, 6) is 6.01. The molecule has 0 fully saturated rings. The van der Waals surface area contributed by atoms with E-state index in [0.717, 1.165) is 19.6 Å².